The molecule has 0 bridgehead atoms. The summed E-state index contributed by atoms with van der Waals surface area (Å²) in [6, 6.07) is 7.34. The number of carbonyl (C=O) groups excluding carboxylic acids is 3. The van der Waals surface area contributed by atoms with E-state index in [1.165, 1.54) is 4.90 Å². The molecule has 2 aliphatic heterocycles. The summed E-state index contributed by atoms with van der Waals surface area (Å²) in [7, 11) is 0. The Kier molecular flexibility index (Phi) is 4.80. The number of benzene rings is 1. The van der Waals surface area contributed by atoms with Gasteiger partial charge in [0.2, 0.25) is 17.7 Å². The average Bonchev–Trinajstić information content (AvgIpc) is 2.59. The smallest absolute Gasteiger partial charge is 0.244 e. The van der Waals surface area contributed by atoms with Gasteiger partial charge in [-0.25, -0.2) is 0 Å². The molecule has 24 heavy (non-hydrogen) atoms. The van der Waals surface area contributed by atoms with Crippen molar-refractivity contribution in [1.82, 2.24) is 10.2 Å². The van der Waals surface area contributed by atoms with E-state index in [1.54, 1.807) is 12.1 Å². The zero-order chi connectivity index (χ0) is 17.1. The maximum Gasteiger partial charge on any atom is 0.244 e. The molecular formula is C17H22N4O3. The largest absolute Gasteiger partial charge is 0.337 e. The molecule has 0 unspecified atom stereocenters. The maximum atomic E-state index is 12.5. The monoisotopic (exact) mass is 330 g/mol. The first kappa shape index (κ1) is 16.4. The molecule has 7 heteroatoms. The Morgan fingerprint density at radius 2 is 1.96 bits per heavy atom. The van der Waals surface area contributed by atoms with Crippen molar-refractivity contribution in [3.8, 4) is 0 Å². The van der Waals surface area contributed by atoms with Crippen LogP contribution in [-0.2, 0) is 14.4 Å². The van der Waals surface area contributed by atoms with Crippen LogP contribution in [0.2, 0.25) is 0 Å². The van der Waals surface area contributed by atoms with Crippen LogP contribution in [0.15, 0.2) is 24.3 Å². The molecule has 1 aromatic carbocycles. The van der Waals surface area contributed by atoms with Crippen LogP contribution < -0.4 is 15.5 Å². The van der Waals surface area contributed by atoms with Gasteiger partial charge < -0.3 is 20.4 Å². The number of hydrogen-bond acceptors (Lipinski definition) is 4. The van der Waals surface area contributed by atoms with Crippen LogP contribution in [0.4, 0.5) is 11.4 Å². The fourth-order valence-electron chi connectivity index (χ4n) is 3.16. The normalized spacial score (nSPS) is 20.4. The fraction of sp³-hybridized carbons (Fsp3) is 0.471. The molecule has 0 aromatic heterocycles. The maximum absolute atomic E-state index is 12.5. The molecule has 3 rings (SSSR count). The highest BCUT2D eigenvalue weighted by molar-refractivity contribution is 6.10. The molecule has 1 aromatic rings. The average molecular weight is 330 g/mol. The Bertz CT molecular complexity index is 661. The molecule has 0 aliphatic carbocycles. The minimum atomic E-state index is -0.218. The second-order valence-corrected chi connectivity index (χ2v) is 6.19. The van der Waals surface area contributed by atoms with Gasteiger partial charge in [-0.2, -0.15) is 0 Å². The molecule has 2 heterocycles. The predicted octanol–water partition coefficient (Wildman–Crippen LogP) is 0.572. The number of amides is 3. The summed E-state index contributed by atoms with van der Waals surface area (Å²) in [6.07, 6.45) is 0.278. The van der Waals surface area contributed by atoms with Crippen molar-refractivity contribution in [2.75, 3.05) is 36.4 Å². The summed E-state index contributed by atoms with van der Waals surface area (Å²) < 4.78 is 0. The number of rotatable bonds is 3. The van der Waals surface area contributed by atoms with Crippen LogP contribution in [0, 0.1) is 0 Å². The Labute approximate surface area is 141 Å². The second kappa shape index (κ2) is 7.00. The topological polar surface area (TPSA) is 81.8 Å². The summed E-state index contributed by atoms with van der Waals surface area (Å²) in [5, 5.41) is 5.99. The molecule has 0 spiro atoms. The lowest BCUT2D eigenvalue weighted by atomic mass is 10.1. The molecule has 1 atom stereocenters. The van der Waals surface area contributed by atoms with E-state index in [4.69, 9.17) is 0 Å². The van der Waals surface area contributed by atoms with Crippen molar-refractivity contribution in [3.63, 3.8) is 0 Å². The number of nitrogens with zero attached hydrogens (tertiary/aromatic N) is 2. The minimum Gasteiger partial charge on any atom is -0.337 e. The first-order valence-corrected chi connectivity index (χ1v) is 8.25. The van der Waals surface area contributed by atoms with Crippen molar-refractivity contribution in [3.05, 3.63) is 24.3 Å². The van der Waals surface area contributed by atoms with Crippen molar-refractivity contribution >= 4 is 29.1 Å². The van der Waals surface area contributed by atoms with Crippen LogP contribution in [0.25, 0.3) is 0 Å². The molecule has 3 amide bonds. The van der Waals surface area contributed by atoms with E-state index in [2.05, 4.69) is 10.6 Å². The van der Waals surface area contributed by atoms with Crippen molar-refractivity contribution in [2.24, 2.45) is 0 Å². The Balaban J connectivity index is 1.63. The summed E-state index contributed by atoms with van der Waals surface area (Å²) in [5.74, 6) is -0.426. The van der Waals surface area contributed by atoms with E-state index in [0.29, 0.717) is 17.9 Å². The zero-order valence-corrected chi connectivity index (χ0v) is 13.7. The molecular weight excluding hydrogens is 308 g/mol. The highest BCUT2D eigenvalue weighted by atomic mass is 16.2. The zero-order valence-electron chi connectivity index (χ0n) is 13.7. The highest BCUT2D eigenvalue weighted by Gasteiger charge is 2.28. The highest BCUT2D eigenvalue weighted by Crippen LogP contribution is 2.29. The number of nitrogens with one attached hydrogen (secondary N) is 2. The van der Waals surface area contributed by atoms with E-state index in [9.17, 15) is 14.4 Å². The summed E-state index contributed by atoms with van der Waals surface area (Å²) in [6.45, 7) is 4.22. The minimum absolute atomic E-state index is 0.00588. The number of fused-ring (bicyclic) bond motifs is 1. The standard InChI is InChI=1S/C17H22N4O3/c1-12-10-18-8-9-20(12)16(23)6-7-17(24)21-11-15(22)19-13-4-2-3-5-14(13)21/h2-5,12,18H,6-11H2,1H3,(H,19,22)/t12-/m1/s1. The van der Waals surface area contributed by atoms with Crippen LogP contribution >= 0.6 is 0 Å². The molecule has 0 radical (unpaired) electrons. The first-order valence-electron chi connectivity index (χ1n) is 8.25. The Morgan fingerprint density at radius 3 is 2.75 bits per heavy atom. The van der Waals surface area contributed by atoms with E-state index in [1.807, 2.05) is 24.0 Å². The number of piperazine rings is 1. The van der Waals surface area contributed by atoms with Gasteiger partial charge in [0, 0.05) is 38.5 Å². The molecule has 2 aliphatic rings. The number of para-hydroxylation sites is 2. The number of anilines is 2. The van der Waals surface area contributed by atoms with E-state index in [-0.39, 0.29) is 43.1 Å². The molecule has 1 fully saturated rings. The van der Waals surface area contributed by atoms with Crippen molar-refractivity contribution in [1.29, 1.82) is 0 Å². The molecule has 0 saturated carbocycles. The van der Waals surface area contributed by atoms with E-state index >= 15 is 0 Å². The van der Waals surface area contributed by atoms with Gasteiger partial charge in [0.25, 0.3) is 0 Å². The van der Waals surface area contributed by atoms with Crippen LogP contribution in [-0.4, -0.2) is 54.8 Å². The summed E-state index contributed by atoms with van der Waals surface area (Å²) in [4.78, 5) is 40.0. The second-order valence-electron chi connectivity index (χ2n) is 6.19. The van der Waals surface area contributed by atoms with Crippen LogP contribution in [0.1, 0.15) is 19.8 Å². The van der Waals surface area contributed by atoms with Gasteiger partial charge in [0.15, 0.2) is 0 Å². The molecule has 1 saturated heterocycles. The number of hydrogen-bond donors (Lipinski definition) is 2. The van der Waals surface area contributed by atoms with Gasteiger partial charge in [-0.15, -0.1) is 0 Å². The van der Waals surface area contributed by atoms with E-state index < -0.39 is 0 Å². The molecule has 128 valence electrons. The van der Waals surface area contributed by atoms with Gasteiger partial charge in [0.1, 0.15) is 6.54 Å². The van der Waals surface area contributed by atoms with Gasteiger partial charge in [0.05, 0.1) is 11.4 Å². The van der Waals surface area contributed by atoms with Gasteiger partial charge >= 0.3 is 0 Å². The number of carbonyl (C=O) groups is 3. The van der Waals surface area contributed by atoms with Gasteiger partial charge in [-0.05, 0) is 19.1 Å². The van der Waals surface area contributed by atoms with Crippen LogP contribution in [0.3, 0.4) is 0 Å². The lowest BCUT2D eigenvalue weighted by Gasteiger charge is -2.34. The molecule has 2 N–H and O–H groups in total. The quantitative estimate of drug-likeness (QED) is 0.849. The first-order chi connectivity index (χ1) is 11.6. The third kappa shape index (κ3) is 3.41. The molecule has 7 nitrogen and oxygen atoms in total. The van der Waals surface area contributed by atoms with Crippen molar-refractivity contribution in [2.45, 2.75) is 25.8 Å². The Hall–Kier alpha value is -2.41. The van der Waals surface area contributed by atoms with Crippen molar-refractivity contribution < 1.29 is 14.4 Å². The van der Waals surface area contributed by atoms with Gasteiger partial charge in [-0.1, -0.05) is 12.1 Å². The summed E-state index contributed by atoms with van der Waals surface area (Å²) >= 11 is 0. The lowest BCUT2D eigenvalue weighted by molar-refractivity contribution is -0.135. The SMILES string of the molecule is C[C@@H]1CNCCN1C(=O)CCC(=O)N1CC(=O)Nc2ccccc21. The van der Waals surface area contributed by atoms with E-state index in [0.717, 1.165) is 13.1 Å². The third-order valence-corrected chi connectivity index (χ3v) is 4.45. The fourth-order valence-corrected chi connectivity index (χ4v) is 3.16. The van der Waals surface area contributed by atoms with Crippen LogP contribution in [0.5, 0.6) is 0 Å². The Morgan fingerprint density at radius 1 is 1.21 bits per heavy atom. The lowest BCUT2D eigenvalue weighted by Crippen LogP contribution is -2.52. The summed E-state index contributed by atoms with van der Waals surface area (Å²) in [5.41, 5.74) is 1.31. The third-order valence-electron chi connectivity index (χ3n) is 4.45. The predicted molar refractivity (Wildman–Crippen MR) is 90.7 cm³/mol. The van der Waals surface area contributed by atoms with Gasteiger partial charge in [-0.3, -0.25) is 14.4 Å².